The van der Waals surface area contributed by atoms with E-state index in [-0.39, 0.29) is 13.0 Å². The summed E-state index contributed by atoms with van der Waals surface area (Å²) in [6.07, 6.45) is 53.7. The topological polar surface area (TPSA) is 132 Å². The van der Waals surface area contributed by atoms with Crippen molar-refractivity contribution in [2.75, 3.05) is 33.0 Å². The third-order valence-corrected chi connectivity index (χ3v) is 11.0. The monoisotopic (exact) mass is 853 g/mol. The van der Waals surface area contributed by atoms with Gasteiger partial charge in [0.1, 0.15) is 12.2 Å². The summed E-state index contributed by atoms with van der Waals surface area (Å²) in [6.45, 7) is 3.29. The van der Waals surface area contributed by atoms with E-state index in [9.17, 15) is 19.4 Å². The van der Waals surface area contributed by atoms with Crippen molar-refractivity contribution in [3.05, 3.63) is 60.8 Å². The van der Waals surface area contributed by atoms with Crippen LogP contribution in [0.2, 0.25) is 0 Å². The predicted molar refractivity (Wildman–Crippen MR) is 246 cm³/mol. The Kier molecular flexibility index (Phi) is 44.3. The molecule has 0 radical (unpaired) electrons. The largest absolute Gasteiger partial charge is 0.472 e. The van der Waals surface area contributed by atoms with Gasteiger partial charge in [-0.3, -0.25) is 13.8 Å². The minimum atomic E-state index is -4.54. The Morgan fingerprint density at radius 2 is 0.898 bits per heavy atom. The molecule has 0 saturated carbocycles. The Morgan fingerprint density at radius 3 is 1.31 bits per heavy atom. The first-order valence-electron chi connectivity index (χ1n) is 23.8. The number of esters is 1. The van der Waals surface area contributed by atoms with Crippen molar-refractivity contribution >= 4 is 13.8 Å². The number of aliphatic hydroxyl groups excluding tert-OH is 2. The number of ether oxygens (including phenoxy) is 2. The zero-order chi connectivity index (χ0) is 43.2. The lowest BCUT2D eigenvalue weighted by atomic mass is 10.0. The fraction of sp³-hybridized carbons (Fsp3) is 0.776. The summed E-state index contributed by atoms with van der Waals surface area (Å²) < 4.78 is 33.3. The lowest BCUT2D eigenvalue weighted by molar-refractivity contribution is -0.153. The molecule has 0 aliphatic carbocycles. The number of phosphoric acid groups is 1. The van der Waals surface area contributed by atoms with Crippen LogP contribution in [-0.2, 0) is 27.9 Å². The van der Waals surface area contributed by atoms with Gasteiger partial charge in [-0.05, 0) is 38.5 Å². The van der Waals surface area contributed by atoms with E-state index in [1.165, 1.54) is 128 Å². The van der Waals surface area contributed by atoms with E-state index in [1.54, 1.807) is 6.08 Å². The molecule has 0 aromatic heterocycles. The van der Waals surface area contributed by atoms with E-state index in [0.29, 0.717) is 13.0 Å². The second kappa shape index (κ2) is 45.7. The van der Waals surface area contributed by atoms with Gasteiger partial charge in [0.25, 0.3) is 0 Å². The van der Waals surface area contributed by atoms with Gasteiger partial charge in [-0.1, -0.05) is 216 Å². The maximum atomic E-state index is 12.6. The van der Waals surface area contributed by atoms with Crippen molar-refractivity contribution in [1.29, 1.82) is 0 Å². The smallest absolute Gasteiger partial charge is 0.457 e. The normalized spacial score (nSPS) is 14.5. The minimum Gasteiger partial charge on any atom is -0.457 e. The second-order valence-electron chi connectivity index (χ2n) is 15.8. The molecule has 9 nitrogen and oxygen atoms in total. The van der Waals surface area contributed by atoms with E-state index >= 15 is 0 Å². The van der Waals surface area contributed by atoms with Gasteiger partial charge in [0.15, 0.2) is 0 Å². The average Bonchev–Trinajstić information content (AvgIpc) is 3.23. The van der Waals surface area contributed by atoms with Crippen LogP contribution in [0.4, 0.5) is 0 Å². The van der Waals surface area contributed by atoms with Crippen molar-refractivity contribution in [2.45, 2.75) is 212 Å². The third-order valence-electron chi connectivity index (χ3n) is 10.0. The van der Waals surface area contributed by atoms with Crippen LogP contribution >= 0.6 is 7.82 Å². The molecule has 59 heavy (non-hydrogen) atoms. The molecule has 3 unspecified atom stereocenters. The lowest BCUT2D eigenvalue weighted by Gasteiger charge is -2.20. The molecule has 0 saturated heterocycles. The Bertz CT molecular complexity index is 1100. The number of hydrogen-bond acceptors (Lipinski definition) is 8. The van der Waals surface area contributed by atoms with Crippen LogP contribution in [0.3, 0.4) is 0 Å². The Balaban J connectivity index is 4.14. The number of phosphoric ester groups is 1. The van der Waals surface area contributed by atoms with Crippen LogP contribution < -0.4 is 0 Å². The molecule has 0 aromatic rings. The molecule has 0 heterocycles. The minimum absolute atomic E-state index is 0.00990. The van der Waals surface area contributed by atoms with Crippen molar-refractivity contribution in [2.24, 2.45) is 0 Å². The number of allylic oxidation sites excluding steroid dienone is 9. The number of aliphatic hydroxyl groups is 2. The van der Waals surface area contributed by atoms with Gasteiger partial charge in [-0.25, -0.2) is 4.57 Å². The third kappa shape index (κ3) is 45.5. The van der Waals surface area contributed by atoms with Gasteiger partial charge in [0.2, 0.25) is 0 Å². The lowest BCUT2D eigenvalue weighted by Crippen LogP contribution is -2.28. The fourth-order valence-corrected chi connectivity index (χ4v) is 7.22. The van der Waals surface area contributed by atoms with E-state index in [4.69, 9.17) is 23.6 Å². The Morgan fingerprint density at radius 1 is 0.525 bits per heavy atom. The first-order valence-corrected chi connectivity index (χ1v) is 25.3. The standard InChI is InChI=1S/C49H89O9P/c1-3-5-7-9-11-13-15-17-19-20-21-22-23-24-25-26-28-30-32-34-36-38-40-42-55-45-48(46-57-59(53,54)56-44-47(51)43-50)58-49(52)41-39-37-35-33-31-29-27-18-16-14-12-10-8-6-4-2/h6,8,12,14,18,27,31,33,37,39,47-48,50-51H,3-5,7,9-11,13,15-17,19-26,28-30,32,34-36,38,40-46H2,1-2H3,(H,53,54)/b8-6-,14-12-,27-18-,33-31-,39-37-. The molecule has 10 heteroatoms. The first-order chi connectivity index (χ1) is 28.8. The van der Waals surface area contributed by atoms with Crippen LogP contribution in [0.1, 0.15) is 200 Å². The van der Waals surface area contributed by atoms with Crippen LogP contribution in [-0.4, -0.2) is 66.3 Å². The number of carbonyl (C=O) groups excluding carboxylic acids is 1. The molecular weight excluding hydrogens is 764 g/mol. The van der Waals surface area contributed by atoms with Crippen LogP contribution in [0.15, 0.2) is 60.8 Å². The second-order valence-corrected chi connectivity index (χ2v) is 17.2. The summed E-state index contributed by atoms with van der Waals surface area (Å²) in [5, 5.41) is 18.4. The maximum Gasteiger partial charge on any atom is 0.472 e. The quantitative estimate of drug-likeness (QED) is 0.0237. The number of unbranched alkanes of at least 4 members (excludes halogenated alkanes) is 22. The molecule has 3 atom stereocenters. The summed E-state index contributed by atoms with van der Waals surface area (Å²) in [4.78, 5) is 22.5. The maximum absolute atomic E-state index is 12.6. The summed E-state index contributed by atoms with van der Waals surface area (Å²) in [7, 11) is -4.54. The van der Waals surface area contributed by atoms with Gasteiger partial charge in [0, 0.05) is 6.61 Å². The van der Waals surface area contributed by atoms with Gasteiger partial charge < -0.3 is 24.6 Å². The van der Waals surface area contributed by atoms with E-state index in [2.05, 4.69) is 56.4 Å². The van der Waals surface area contributed by atoms with Crippen molar-refractivity contribution in [1.82, 2.24) is 0 Å². The summed E-state index contributed by atoms with van der Waals surface area (Å²) >= 11 is 0. The summed E-state index contributed by atoms with van der Waals surface area (Å²) in [5.41, 5.74) is 0. The van der Waals surface area contributed by atoms with Gasteiger partial charge >= 0.3 is 13.8 Å². The van der Waals surface area contributed by atoms with E-state index in [1.807, 2.05) is 12.2 Å². The van der Waals surface area contributed by atoms with Crippen molar-refractivity contribution in [3.8, 4) is 0 Å². The molecule has 344 valence electrons. The van der Waals surface area contributed by atoms with Crippen LogP contribution in [0.5, 0.6) is 0 Å². The number of rotatable bonds is 45. The first kappa shape index (κ1) is 57.2. The molecule has 0 spiro atoms. The van der Waals surface area contributed by atoms with Crippen LogP contribution in [0, 0.1) is 0 Å². The molecule has 0 aliphatic heterocycles. The van der Waals surface area contributed by atoms with Crippen LogP contribution in [0.25, 0.3) is 0 Å². The highest BCUT2D eigenvalue weighted by Gasteiger charge is 2.26. The molecule has 3 N–H and O–H groups in total. The number of carbonyl (C=O) groups is 1. The predicted octanol–water partition coefficient (Wildman–Crippen LogP) is 13.5. The zero-order valence-electron chi connectivity index (χ0n) is 37.7. The highest BCUT2D eigenvalue weighted by Crippen LogP contribution is 2.43. The molecule has 0 amide bonds. The van der Waals surface area contributed by atoms with Crippen molar-refractivity contribution < 1.29 is 43.0 Å². The highest BCUT2D eigenvalue weighted by atomic mass is 31.2. The Hall–Kier alpha value is -1.84. The summed E-state index contributed by atoms with van der Waals surface area (Å²) in [6, 6.07) is 0. The highest BCUT2D eigenvalue weighted by molar-refractivity contribution is 7.47. The molecule has 0 fully saturated rings. The number of hydrogen-bond donors (Lipinski definition) is 3. The molecule has 0 rings (SSSR count). The molecule has 0 bridgehead atoms. The average molecular weight is 853 g/mol. The molecule has 0 aliphatic rings. The molecular formula is C49H89O9P. The van der Waals surface area contributed by atoms with Gasteiger partial charge in [-0.15, -0.1) is 0 Å². The Labute approximate surface area is 361 Å². The van der Waals surface area contributed by atoms with Crippen molar-refractivity contribution in [3.63, 3.8) is 0 Å². The van der Waals surface area contributed by atoms with E-state index in [0.717, 1.165) is 44.9 Å². The van der Waals surface area contributed by atoms with Gasteiger partial charge in [-0.2, -0.15) is 0 Å². The van der Waals surface area contributed by atoms with Gasteiger partial charge in [0.05, 0.1) is 32.8 Å². The molecule has 0 aromatic carbocycles. The SMILES string of the molecule is CC/C=C\C/C=C\C/C=C\C/C=C\C/C=C\CC(=O)OC(COCCCCCCCCCCCCCCCCCCCCCCCCC)COP(=O)(O)OCC(O)CO. The fourth-order valence-electron chi connectivity index (χ4n) is 6.43. The zero-order valence-corrected chi connectivity index (χ0v) is 38.6. The summed E-state index contributed by atoms with van der Waals surface area (Å²) in [5.74, 6) is -0.507. The van der Waals surface area contributed by atoms with E-state index < -0.39 is 45.8 Å².